The topological polar surface area (TPSA) is 94.8 Å². The van der Waals surface area contributed by atoms with E-state index in [1.807, 2.05) is 19.9 Å². The zero-order chi connectivity index (χ0) is 28.1. The number of ether oxygens (including phenoxy) is 2. The number of amides is 1. The molecule has 0 aliphatic heterocycles. The minimum absolute atomic E-state index is 0.0438. The molecule has 1 amide bonds. The van der Waals surface area contributed by atoms with Crippen molar-refractivity contribution in [3.8, 4) is 11.5 Å². The quantitative estimate of drug-likeness (QED) is 0.208. The van der Waals surface area contributed by atoms with E-state index in [-0.39, 0.29) is 22.9 Å². The van der Waals surface area contributed by atoms with Gasteiger partial charge in [-0.25, -0.2) is 9.37 Å². The van der Waals surface area contributed by atoms with Crippen LogP contribution in [0.3, 0.4) is 0 Å². The number of fused-ring (bicyclic) bond motifs is 1. The molecule has 0 saturated carbocycles. The van der Waals surface area contributed by atoms with Crippen LogP contribution >= 0.6 is 31.9 Å². The van der Waals surface area contributed by atoms with E-state index in [0.717, 1.165) is 10.9 Å². The number of carbonyl (C=O) groups excluding carboxylic acids is 1. The lowest BCUT2D eigenvalue weighted by atomic mass is 10.1. The molecule has 8 nitrogen and oxygen atoms in total. The summed E-state index contributed by atoms with van der Waals surface area (Å²) >= 11 is 6.86. The van der Waals surface area contributed by atoms with Crippen LogP contribution in [-0.4, -0.2) is 35.5 Å². The van der Waals surface area contributed by atoms with Gasteiger partial charge in [0.15, 0.2) is 18.1 Å². The molecule has 0 fully saturated rings. The highest BCUT2D eigenvalue weighted by Crippen LogP contribution is 2.34. The van der Waals surface area contributed by atoms with Crippen molar-refractivity contribution in [2.24, 2.45) is 5.10 Å². The summed E-state index contributed by atoms with van der Waals surface area (Å²) in [5.41, 5.74) is 0.750. The van der Waals surface area contributed by atoms with Gasteiger partial charge in [-0.3, -0.25) is 9.59 Å². The molecule has 0 bridgehead atoms. The fourth-order valence-electron chi connectivity index (χ4n) is 3.78. The van der Waals surface area contributed by atoms with Gasteiger partial charge in [0.05, 0.1) is 29.9 Å². The average Bonchev–Trinajstić information content (AvgIpc) is 2.92. The van der Waals surface area contributed by atoms with Crippen molar-refractivity contribution in [1.82, 2.24) is 9.66 Å². The zero-order valence-electron chi connectivity index (χ0n) is 21.4. The third kappa shape index (κ3) is 6.54. The molecule has 0 spiro atoms. The van der Waals surface area contributed by atoms with Crippen LogP contribution in [0.2, 0.25) is 0 Å². The maximum atomic E-state index is 13.9. The summed E-state index contributed by atoms with van der Waals surface area (Å²) < 4.78 is 27.9. The second-order valence-corrected chi connectivity index (χ2v) is 10.5. The van der Waals surface area contributed by atoms with Crippen LogP contribution in [0.25, 0.3) is 10.9 Å². The molecule has 1 aromatic heterocycles. The lowest BCUT2D eigenvalue weighted by molar-refractivity contribution is -0.118. The van der Waals surface area contributed by atoms with E-state index in [9.17, 15) is 14.0 Å². The number of halogens is 3. The fraction of sp³-hybridized carbons (Fsp3) is 0.214. The van der Waals surface area contributed by atoms with Crippen LogP contribution in [0.15, 0.2) is 73.4 Å². The van der Waals surface area contributed by atoms with E-state index in [0.29, 0.717) is 32.5 Å². The predicted octanol–water partition coefficient (Wildman–Crippen LogP) is 6.48. The van der Waals surface area contributed by atoms with Gasteiger partial charge in [-0.1, -0.05) is 57.8 Å². The molecule has 4 aromatic rings. The van der Waals surface area contributed by atoms with Gasteiger partial charge >= 0.3 is 0 Å². The molecule has 0 unspecified atom stereocenters. The summed E-state index contributed by atoms with van der Waals surface area (Å²) in [5, 5.41) is 7.40. The highest BCUT2D eigenvalue weighted by Gasteiger charge is 2.18. The highest BCUT2D eigenvalue weighted by atomic mass is 79.9. The Morgan fingerprint density at radius 1 is 1.18 bits per heavy atom. The number of carbonyl (C=O) groups is 1. The first-order valence-corrected chi connectivity index (χ1v) is 13.6. The summed E-state index contributed by atoms with van der Waals surface area (Å²) in [7, 11) is 1.46. The number of para-hydroxylation sites is 1. The lowest BCUT2D eigenvalue weighted by Crippen LogP contribution is -2.24. The van der Waals surface area contributed by atoms with Crippen molar-refractivity contribution < 1.29 is 18.7 Å². The van der Waals surface area contributed by atoms with E-state index in [1.54, 1.807) is 30.3 Å². The average molecular weight is 660 g/mol. The number of aromatic nitrogens is 2. The molecule has 0 radical (unpaired) electrons. The second-order valence-electron chi connectivity index (χ2n) is 8.65. The van der Waals surface area contributed by atoms with Crippen molar-refractivity contribution in [3.05, 3.63) is 91.1 Å². The Morgan fingerprint density at radius 2 is 1.95 bits per heavy atom. The van der Waals surface area contributed by atoms with Crippen LogP contribution in [0, 0.1) is 5.82 Å². The third-order valence-electron chi connectivity index (χ3n) is 5.96. The number of methoxy groups -OCH3 is 1. The molecule has 39 heavy (non-hydrogen) atoms. The molecule has 1 heterocycles. The Balaban J connectivity index is 1.71. The Morgan fingerprint density at radius 3 is 2.67 bits per heavy atom. The maximum Gasteiger partial charge on any atom is 0.282 e. The first kappa shape index (κ1) is 28.4. The molecule has 0 aliphatic rings. The number of benzene rings is 3. The van der Waals surface area contributed by atoms with Gasteiger partial charge in [0.25, 0.3) is 11.5 Å². The standard InChI is InChI=1S/C28H25Br2FN4O4/c1-4-16(2)27-34-22-10-9-18(29)12-20(22)28(37)35(27)32-14-17-11-19(30)13-24(38-3)26(17)39-15-25(36)33-23-8-6-5-7-21(23)31/h5-14,16H,4,15H2,1-3H3,(H,33,36)/t16-/m0/s1. The SMILES string of the molecule is CC[C@H](C)c1nc2ccc(Br)cc2c(=O)n1N=Cc1cc(Br)cc(OC)c1OCC(=O)Nc1ccccc1F. The second kappa shape index (κ2) is 12.5. The molecule has 4 rings (SSSR count). The lowest BCUT2D eigenvalue weighted by Gasteiger charge is -2.15. The molecule has 1 atom stereocenters. The van der Waals surface area contributed by atoms with Crippen molar-refractivity contribution in [2.75, 3.05) is 19.0 Å². The molecule has 0 saturated heterocycles. The predicted molar refractivity (Wildman–Crippen MR) is 157 cm³/mol. The number of nitrogens with zero attached hydrogens (tertiary/aromatic N) is 3. The van der Waals surface area contributed by atoms with Gasteiger partial charge in [0.1, 0.15) is 11.6 Å². The first-order chi connectivity index (χ1) is 18.7. The highest BCUT2D eigenvalue weighted by molar-refractivity contribution is 9.10. The zero-order valence-corrected chi connectivity index (χ0v) is 24.5. The Bertz CT molecular complexity index is 1620. The monoisotopic (exact) mass is 658 g/mol. The van der Waals surface area contributed by atoms with Crippen molar-refractivity contribution in [1.29, 1.82) is 0 Å². The van der Waals surface area contributed by atoms with E-state index in [4.69, 9.17) is 14.5 Å². The molecule has 202 valence electrons. The third-order valence-corrected chi connectivity index (χ3v) is 6.91. The van der Waals surface area contributed by atoms with Gasteiger partial charge < -0.3 is 14.8 Å². The van der Waals surface area contributed by atoms with E-state index >= 15 is 0 Å². The Labute approximate surface area is 241 Å². The van der Waals surface area contributed by atoms with Gasteiger partial charge in [0.2, 0.25) is 0 Å². The number of hydrogen-bond acceptors (Lipinski definition) is 6. The fourth-order valence-corrected chi connectivity index (χ4v) is 4.59. The largest absolute Gasteiger partial charge is 0.493 e. The Hall–Kier alpha value is -3.57. The van der Waals surface area contributed by atoms with E-state index in [1.165, 1.54) is 36.2 Å². The van der Waals surface area contributed by atoms with Crippen molar-refractivity contribution >= 4 is 60.6 Å². The molecule has 1 N–H and O–H groups in total. The van der Waals surface area contributed by atoms with Gasteiger partial charge in [-0.15, -0.1) is 0 Å². The Kier molecular flexibility index (Phi) is 9.13. The summed E-state index contributed by atoms with van der Waals surface area (Å²) in [6, 6.07) is 14.6. The van der Waals surface area contributed by atoms with Crippen LogP contribution in [-0.2, 0) is 4.79 Å². The molecular weight excluding hydrogens is 635 g/mol. The minimum Gasteiger partial charge on any atom is -0.493 e. The van der Waals surface area contributed by atoms with E-state index < -0.39 is 18.3 Å². The summed E-state index contributed by atoms with van der Waals surface area (Å²) in [6.07, 6.45) is 2.20. The van der Waals surface area contributed by atoms with Gasteiger partial charge in [-0.05, 0) is 48.9 Å². The van der Waals surface area contributed by atoms with Crippen LogP contribution in [0.5, 0.6) is 11.5 Å². The maximum absolute atomic E-state index is 13.9. The van der Waals surface area contributed by atoms with E-state index in [2.05, 4.69) is 42.3 Å². The number of rotatable bonds is 9. The van der Waals surface area contributed by atoms with Crippen molar-refractivity contribution in [3.63, 3.8) is 0 Å². The molecule has 0 aliphatic carbocycles. The van der Waals surface area contributed by atoms with Gasteiger partial charge in [0, 0.05) is 20.4 Å². The number of nitrogens with one attached hydrogen (secondary N) is 1. The summed E-state index contributed by atoms with van der Waals surface area (Å²) in [5.74, 6) is -0.0895. The molecular formula is C28H25Br2FN4O4. The van der Waals surface area contributed by atoms with Crippen molar-refractivity contribution in [2.45, 2.75) is 26.2 Å². The smallest absolute Gasteiger partial charge is 0.282 e. The van der Waals surface area contributed by atoms with Gasteiger partial charge in [-0.2, -0.15) is 9.78 Å². The first-order valence-electron chi connectivity index (χ1n) is 12.0. The summed E-state index contributed by atoms with van der Waals surface area (Å²) in [6.45, 7) is 3.56. The summed E-state index contributed by atoms with van der Waals surface area (Å²) in [4.78, 5) is 30.7. The number of hydrogen-bond donors (Lipinski definition) is 1. The molecule has 11 heteroatoms. The molecule has 3 aromatic carbocycles. The normalized spacial score (nSPS) is 12.1. The van der Waals surface area contributed by atoms with Crippen LogP contribution < -0.4 is 20.3 Å². The number of anilines is 1. The van der Waals surface area contributed by atoms with Crippen LogP contribution in [0.4, 0.5) is 10.1 Å². The minimum atomic E-state index is -0.562. The van der Waals surface area contributed by atoms with Crippen LogP contribution in [0.1, 0.15) is 37.6 Å².